The van der Waals surface area contributed by atoms with Gasteiger partial charge in [0.05, 0.1) is 0 Å². The Bertz CT molecular complexity index is 510. The minimum atomic E-state index is -0.395. The molecular weight excluding hydrogens is 269 g/mol. The first kappa shape index (κ1) is 15.9. The van der Waals surface area contributed by atoms with E-state index >= 15 is 0 Å². The van der Waals surface area contributed by atoms with Gasteiger partial charge in [0.15, 0.2) is 0 Å². The van der Waals surface area contributed by atoms with Crippen LogP contribution in [-0.4, -0.2) is 23.9 Å². The molecule has 21 heavy (non-hydrogen) atoms. The Morgan fingerprint density at radius 3 is 2.67 bits per heavy atom. The van der Waals surface area contributed by atoms with Crippen LogP contribution in [-0.2, 0) is 6.54 Å². The predicted octanol–water partition coefficient (Wildman–Crippen LogP) is 2.44. The zero-order valence-corrected chi connectivity index (χ0v) is 12.8. The Balaban J connectivity index is 2.05. The normalized spacial score (nSPS) is 18.5. The summed E-state index contributed by atoms with van der Waals surface area (Å²) in [5.41, 5.74) is 3.43. The van der Waals surface area contributed by atoms with Crippen molar-refractivity contribution < 1.29 is 9.18 Å². The molecule has 0 bridgehead atoms. The quantitative estimate of drug-likeness (QED) is 0.509. The van der Waals surface area contributed by atoms with Crippen molar-refractivity contribution in [2.45, 2.75) is 39.7 Å². The first-order valence-electron chi connectivity index (χ1n) is 7.49. The number of nitrogens with one attached hydrogen (secondary N) is 1. The summed E-state index contributed by atoms with van der Waals surface area (Å²) >= 11 is 0. The van der Waals surface area contributed by atoms with E-state index in [0.717, 1.165) is 25.9 Å². The van der Waals surface area contributed by atoms with Crippen LogP contribution in [0.25, 0.3) is 0 Å². The number of amides is 1. The lowest BCUT2D eigenvalue weighted by Crippen LogP contribution is -2.38. The molecule has 1 aliphatic heterocycles. The average molecular weight is 293 g/mol. The number of piperidine rings is 1. The van der Waals surface area contributed by atoms with Gasteiger partial charge in [-0.05, 0) is 49.5 Å². The summed E-state index contributed by atoms with van der Waals surface area (Å²) in [5, 5.41) is 0. The van der Waals surface area contributed by atoms with Crippen molar-refractivity contribution in [1.29, 1.82) is 0 Å². The molecule has 0 aromatic heterocycles. The van der Waals surface area contributed by atoms with Crippen LogP contribution in [0.15, 0.2) is 18.2 Å². The third-order valence-corrected chi connectivity index (χ3v) is 4.75. The number of likely N-dealkylation sites (tertiary alicyclic amines) is 1. The highest BCUT2D eigenvalue weighted by atomic mass is 19.1. The van der Waals surface area contributed by atoms with Gasteiger partial charge in [-0.1, -0.05) is 20.3 Å². The number of nitrogens with two attached hydrogens (primary N) is 1. The van der Waals surface area contributed by atoms with E-state index in [9.17, 15) is 9.18 Å². The number of hydrogen-bond donors (Lipinski definition) is 2. The van der Waals surface area contributed by atoms with E-state index in [4.69, 9.17) is 5.84 Å². The molecule has 3 N–H and O–H groups in total. The van der Waals surface area contributed by atoms with Crippen molar-refractivity contribution in [3.63, 3.8) is 0 Å². The van der Waals surface area contributed by atoms with Crippen LogP contribution in [0.1, 0.15) is 49.0 Å². The molecule has 0 atom stereocenters. The molecule has 1 heterocycles. The largest absolute Gasteiger partial charge is 0.299 e. The van der Waals surface area contributed by atoms with E-state index in [1.165, 1.54) is 18.6 Å². The molecule has 1 saturated heterocycles. The number of halogens is 1. The van der Waals surface area contributed by atoms with Crippen LogP contribution in [0.4, 0.5) is 4.39 Å². The SMILES string of the molecule is CCC1(C)CCN(Cc2cc(C(=O)NN)ccc2F)CC1. The fourth-order valence-corrected chi connectivity index (χ4v) is 2.77. The van der Waals surface area contributed by atoms with E-state index < -0.39 is 5.91 Å². The van der Waals surface area contributed by atoms with Gasteiger partial charge in [0, 0.05) is 17.7 Å². The molecule has 1 aliphatic rings. The molecular formula is C16H24FN3O. The van der Waals surface area contributed by atoms with E-state index in [0.29, 0.717) is 23.1 Å². The first-order valence-corrected chi connectivity index (χ1v) is 7.49. The molecule has 0 radical (unpaired) electrons. The van der Waals surface area contributed by atoms with Crippen molar-refractivity contribution in [3.8, 4) is 0 Å². The van der Waals surface area contributed by atoms with Crippen LogP contribution >= 0.6 is 0 Å². The Kier molecular flexibility index (Phi) is 4.96. The molecule has 1 aromatic carbocycles. The molecule has 0 saturated carbocycles. The highest BCUT2D eigenvalue weighted by Crippen LogP contribution is 2.34. The monoisotopic (exact) mass is 293 g/mol. The Morgan fingerprint density at radius 1 is 1.43 bits per heavy atom. The minimum absolute atomic E-state index is 0.271. The lowest BCUT2D eigenvalue weighted by Gasteiger charge is -2.39. The van der Waals surface area contributed by atoms with Gasteiger partial charge in [-0.2, -0.15) is 0 Å². The summed E-state index contributed by atoms with van der Waals surface area (Å²) in [7, 11) is 0. The summed E-state index contributed by atoms with van der Waals surface area (Å²) in [5.74, 6) is 4.45. The van der Waals surface area contributed by atoms with Gasteiger partial charge in [0.25, 0.3) is 5.91 Å². The molecule has 4 nitrogen and oxygen atoms in total. The second-order valence-corrected chi connectivity index (χ2v) is 6.22. The van der Waals surface area contributed by atoms with Crippen LogP contribution in [0.5, 0.6) is 0 Å². The van der Waals surface area contributed by atoms with E-state index in [2.05, 4.69) is 24.2 Å². The topological polar surface area (TPSA) is 58.4 Å². The molecule has 116 valence electrons. The molecule has 1 aromatic rings. The van der Waals surface area contributed by atoms with Gasteiger partial charge in [-0.25, -0.2) is 10.2 Å². The van der Waals surface area contributed by atoms with Crippen molar-refractivity contribution in [1.82, 2.24) is 10.3 Å². The third-order valence-electron chi connectivity index (χ3n) is 4.75. The van der Waals surface area contributed by atoms with Crippen LogP contribution < -0.4 is 11.3 Å². The zero-order chi connectivity index (χ0) is 15.5. The summed E-state index contributed by atoms with van der Waals surface area (Å²) in [6, 6.07) is 4.37. The maximum Gasteiger partial charge on any atom is 0.265 e. The van der Waals surface area contributed by atoms with Crippen LogP contribution in [0.3, 0.4) is 0 Å². The van der Waals surface area contributed by atoms with E-state index in [1.54, 1.807) is 6.07 Å². The van der Waals surface area contributed by atoms with Crippen molar-refractivity contribution in [2.24, 2.45) is 11.3 Å². The van der Waals surface area contributed by atoms with Gasteiger partial charge in [0.2, 0.25) is 0 Å². The van der Waals surface area contributed by atoms with E-state index in [-0.39, 0.29) is 5.82 Å². The van der Waals surface area contributed by atoms with Crippen LogP contribution in [0.2, 0.25) is 0 Å². The highest BCUT2D eigenvalue weighted by Gasteiger charge is 2.28. The second kappa shape index (κ2) is 6.54. The number of benzene rings is 1. The number of nitrogens with zero attached hydrogens (tertiary/aromatic N) is 1. The van der Waals surface area contributed by atoms with Gasteiger partial charge in [-0.3, -0.25) is 15.1 Å². The average Bonchev–Trinajstić information content (AvgIpc) is 2.51. The van der Waals surface area contributed by atoms with E-state index in [1.807, 2.05) is 0 Å². The lowest BCUT2D eigenvalue weighted by atomic mass is 9.78. The molecule has 5 heteroatoms. The van der Waals surface area contributed by atoms with Crippen molar-refractivity contribution in [2.75, 3.05) is 13.1 Å². The minimum Gasteiger partial charge on any atom is -0.299 e. The Labute approximate surface area is 125 Å². The fourth-order valence-electron chi connectivity index (χ4n) is 2.77. The highest BCUT2D eigenvalue weighted by molar-refractivity contribution is 5.93. The number of carbonyl (C=O) groups is 1. The van der Waals surface area contributed by atoms with Gasteiger partial charge in [0.1, 0.15) is 5.82 Å². The molecule has 1 amide bonds. The number of hydrazine groups is 1. The number of carbonyl (C=O) groups excluding carboxylic acids is 1. The van der Waals surface area contributed by atoms with Gasteiger partial charge < -0.3 is 0 Å². The number of rotatable bonds is 4. The number of nitrogen functional groups attached to an aromatic ring is 1. The number of hydrogen-bond acceptors (Lipinski definition) is 3. The maximum atomic E-state index is 13.9. The predicted molar refractivity (Wildman–Crippen MR) is 81.0 cm³/mol. The molecule has 2 rings (SSSR count). The standard InChI is InChI=1S/C16H24FN3O/c1-3-16(2)6-8-20(9-7-16)11-13-10-12(15(21)19-18)4-5-14(13)17/h4-5,10H,3,6-9,11,18H2,1-2H3,(H,19,21). The molecule has 0 spiro atoms. The summed E-state index contributed by atoms with van der Waals surface area (Å²) in [6.07, 6.45) is 3.45. The summed E-state index contributed by atoms with van der Waals surface area (Å²) < 4.78 is 13.9. The maximum absolute atomic E-state index is 13.9. The summed E-state index contributed by atoms with van der Waals surface area (Å²) in [4.78, 5) is 13.8. The Morgan fingerprint density at radius 2 is 2.10 bits per heavy atom. The van der Waals surface area contributed by atoms with Crippen molar-refractivity contribution >= 4 is 5.91 Å². The third kappa shape index (κ3) is 3.80. The molecule has 0 unspecified atom stereocenters. The van der Waals surface area contributed by atoms with Crippen molar-refractivity contribution in [3.05, 3.63) is 35.1 Å². The molecule has 0 aliphatic carbocycles. The zero-order valence-electron chi connectivity index (χ0n) is 12.8. The van der Waals surface area contributed by atoms with Gasteiger partial charge in [-0.15, -0.1) is 0 Å². The first-order chi connectivity index (χ1) is 9.97. The van der Waals surface area contributed by atoms with Crippen LogP contribution in [0, 0.1) is 11.2 Å². The summed E-state index contributed by atoms with van der Waals surface area (Å²) in [6.45, 7) is 7.02. The second-order valence-electron chi connectivity index (χ2n) is 6.22. The smallest absolute Gasteiger partial charge is 0.265 e. The Hall–Kier alpha value is -1.46. The van der Waals surface area contributed by atoms with Gasteiger partial charge >= 0.3 is 0 Å². The lowest BCUT2D eigenvalue weighted by molar-refractivity contribution is 0.0953. The molecule has 1 fully saturated rings. The fraction of sp³-hybridized carbons (Fsp3) is 0.562.